The van der Waals surface area contributed by atoms with Gasteiger partial charge in [-0.15, -0.1) is 11.3 Å². The summed E-state index contributed by atoms with van der Waals surface area (Å²) in [5, 5.41) is 4.41. The maximum Gasteiger partial charge on any atom is 0.169 e. The quantitative estimate of drug-likeness (QED) is 0.936. The van der Waals surface area contributed by atoms with Crippen LogP contribution in [-0.2, 0) is 6.42 Å². The van der Waals surface area contributed by atoms with Crippen LogP contribution < -0.4 is 5.32 Å². The van der Waals surface area contributed by atoms with Gasteiger partial charge in [-0.1, -0.05) is 0 Å². The Hall–Kier alpha value is -0.650. The van der Waals surface area contributed by atoms with E-state index >= 15 is 0 Å². The topological polar surface area (TPSA) is 38.1 Å². The molecule has 0 aliphatic carbocycles. The van der Waals surface area contributed by atoms with Crippen LogP contribution in [0.15, 0.2) is 21.2 Å². The van der Waals surface area contributed by atoms with Crippen molar-refractivity contribution in [3.05, 3.63) is 38.1 Å². The lowest BCUT2D eigenvalue weighted by Crippen LogP contribution is -2.18. The van der Waals surface area contributed by atoms with Crippen LogP contribution in [0.2, 0.25) is 0 Å². The third kappa shape index (κ3) is 2.97. The Labute approximate surface area is 113 Å². The molecule has 0 aliphatic heterocycles. The molecular weight excluding hydrogens is 300 g/mol. The predicted molar refractivity (Wildman–Crippen MR) is 73.5 cm³/mol. The third-order valence-electron chi connectivity index (χ3n) is 2.74. The van der Waals surface area contributed by atoms with E-state index in [1.807, 2.05) is 26.1 Å². The van der Waals surface area contributed by atoms with Crippen LogP contribution in [0.1, 0.15) is 27.4 Å². The lowest BCUT2D eigenvalue weighted by Gasteiger charge is -2.11. The van der Waals surface area contributed by atoms with Crippen LogP contribution in [0.25, 0.3) is 0 Å². The summed E-state index contributed by atoms with van der Waals surface area (Å²) in [6, 6.07) is 4.07. The molecule has 0 bridgehead atoms. The number of furan rings is 1. The summed E-state index contributed by atoms with van der Waals surface area (Å²) in [5.74, 6) is 0.935. The molecule has 0 spiro atoms. The maximum absolute atomic E-state index is 5.58. The number of halogens is 1. The van der Waals surface area contributed by atoms with Crippen LogP contribution in [-0.4, -0.2) is 12.0 Å². The molecule has 0 aromatic carbocycles. The Morgan fingerprint density at radius 3 is 2.71 bits per heavy atom. The van der Waals surface area contributed by atoms with Gasteiger partial charge >= 0.3 is 0 Å². The van der Waals surface area contributed by atoms with Gasteiger partial charge in [-0.05, 0) is 49.0 Å². The standard InChI is InChI=1S/C12H15BrN2OS/c1-7-8(2)17-12(15-7)6-9(14-3)10-4-5-11(13)16-10/h4-5,9,14H,6H2,1-3H3. The summed E-state index contributed by atoms with van der Waals surface area (Å²) in [6.45, 7) is 4.15. The maximum atomic E-state index is 5.58. The van der Waals surface area contributed by atoms with Gasteiger partial charge in [-0.2, -0.15) is 0 Å². The fourth-order valence-electron chi connectivity index (χ4n) is 1.66. The Morgan fingerprint density at radius 2 is 2.24 bits per heavy atom. The molecule has 0 amide bonds. The highest BCUT2D eigenvalue weighted by Crippen LogP contribution is 2.26. The van der Waals surface area contributed by atoms with Gasteiger partial charge < -0.3 is 9.73 Å². The molecule has 1 unspecified atom stereocenters. The molecule has 17 heavy (non-hydrogen) atoms. The van der Waals surface area contributed by atoms with Crippen molar-refractivity contribution in [2.45, 2.75) is 26.3 Å². The molecule has 2 heterocycles. The molecule has 1 atom stereocenters. The zero-order valence-electron chi connectivity index (χ0n) is 10.1. The second kappa shape index (κ2) is 5.33. The highest BCUT2D eigenvalue weighted by Gasteiger charge is 2.16. The molecule has 92 valence electrons. The van der Waals surface area contributed by atoms with Crippen molar-refractivity contribution in [1.82, 2.24) is 10.3 Å². The summed E-state index contributed by atoms with van der Waals surface area (Å²) < 4.78 is 6.34. The predicted octanol–water partition coefficient (Wildman–Crippen LogP) is 3.62. The van der Waals surface area contributed by atoms with Gasteiger partial charge in [0.05, 0.1) is 16.7 Å². The number of hydrogen-bond donors (Lipinski definition) is 1. The molecule has 5 heteroatoms. The lowest BCUT2D eigenvalue weighted by atomic mass is 10.1. The van der Waals surface area contributed by atoms with Crippen molar-refractivity contribution in [1.29, 1.82) is 0 Å². The largest absolute Gasteiger partial charge is 0.453 e. The van der Waals surface area contributed by atoms with Gasteiger partial charge in [0.1, 0.15) is 5.76 Å². The number of nitrogens with one attached hydrogen (secondary N) is 1. The molecule has 2 aromatic heterocycles. The fourth-order valence-corrected chi connectivity index (χ4v) is 2.96. The fraction of sp³-hybridized carbons (Fsp3) is 0.417. The van der Waals surface area contributed by atoms with E-state index in [-0.39, 0.29) is 6.04 Å². The molecular formula is C12H15BrN2OS. The first-order chi connectivity index (χ1) is 8.10. The second-order valence-corrected chi connectivity index (χ2v) is 6.01. The Morgan fingerprint density at radius 1 is 1.47 bits per heavy atom. The van der Waals surface area contributed by atoms with E-state index in [1.54, 1.807) is 11.3 Å². The van der Waals surface area contributed by atoms with Crippen molar-refractivity contribution in [2.75, 3.05) is 7.05 Å². The number of hydrogen-bond acceptors (Lipinski definition) is 4. The number of nitrogens with zero attached hydrogens (tertiary/aromatic N) is 1. The van der Waals surface area contributed by atoms with E-state index in [2.05, 4.69) is 33.2 Å². The Bertz CT molecular complexity index is 487. The smallest absolute Gasteiger partial charge is 0.169 e. The van der Waals surface area contributed by atoms with Crippen LogP contribution >= 0.6 is 27.3 Å². The summed E-state index contributed by atoms with van der Waals surface area (Å²) in [4.78, 5) is 5.84. The van der Waals surface area contributed by atoms with Crippen molar-refractivity contribution >= 4 is 27.3 Å². The Kier molecular flexibility index (Phi) is 4.01. The monoisotopic (exact) mass is 314 g/mol. The van der Waals surface area contributed by atoms with Crippen molar-refractivity contribution < 1.29 is 4.42 Å². The molecule has 2 aromatic rings. The molecule has 0 fully saturated rings. The molecule has 0 aliphatic rings. The zero-order valence-corrected chi connectivity index (χ0v) is 12.5. The van der Waals surface area contributed by atoms with Gasteiger partial charge in [0.15, 0.2) is 4.67 Å². The molecule has 0 radical (unpaired) electrons. The molecule has 3 nitrogen and oxygen atoms in total. The van der Waals surface area contributed by atoms with Crippen LogP contribution in [0, 0.1) is 13.8 Å². The number of aromatic nitrogens is 1. The van der Waals surface area contributed by atoms with E-state index in [4.69, 9.17) is 4.42 Å². The van der Waals surface area contributed by atoms with E-state index in [0.29, 0.717) is 0 Å². The van der Waals surface area contributed by atoms with Crippen LogP contribution in [0.3, 0.4) is 0 Å². The minimum absolute atomic E-state index is 0.172. The first-order valence-corrected chi connectivity index (χ1v) is 7.06. The zero-order chi connectivity index (χ0) is 12.4. The number of likely N-dealkylation sites (N-methyl/N-ethyl adjacent to an activating group) is 1. The SMILES string of the molecule is CNC(Cc1nc(C)c(C)s1)c1ccc(Br)o1. The number of rotatable bonds is 4. The third-order valence-corrected chi connectivity index (χ3v) is 4.26. The van der Waals surface area contributed by atoms with E-state index in [1.165, 1.54) is 4.88 Å². The van der Waals surface area contributed by atoms with Gasteiger partial charge in [-0.3, -0.25) is 0 Å². The minimum Gasteiger partial charge on any atom is -0.453 e. The highest BCUT2D eigenvalue weighted by molar-refractivity contribution is 9.10. The van der Waals surface area contributed by atoms with Crippen molar-refractivity contribution in [3.8, 4) is 0 Å². The van der Waals surface area contributed by atoms with Gasteiger partial charge in [0.2, 0.25) is 0 Å². The number of aryl methyl sites for hydroxylation is 2. The van der Waals surface area contributed by atoms with E-state index in [9.17, 15) is 0 Å². The van der Waals surface area contributed by atoms with Crippen molar-refractivity contribution in [2.24, 2.45) is 0 Å². The second-order valence-electron chi connectivity index (χ2n) is 3.94. The normalized spacial score (nSPS) is 12.9. The molecule has 0 saturated heterocycles. The first-order valence-electron chi connectivity index (χ1n) is 5.45. The molecule has 0 saturated carbocycles. The summed E-state index contributed by atoms with van der Waals surface area (Å²) in [7, 11) is 1.94. The summed E-state index contributed by atoms with van der Waals surface area (Å²) >= 11 is 5.08. The van der Waals surface area contributed by atoms with Crippen LogP contribution in [0.4, 0.5) is 0 Å². The van der Waals surface area contributed by atoms with Gasteiger partial charge in [0.25, 0.3) is 0 Å². The first kappa shape index (κ1) is 12.8. The van der Waals surface area contributed by atoms with E-state index in [0.717, 1.165) is 27.6 Å². The average Bonchev–Trinajstić information content (AvgIpc) is 2.83. The van der Waals surface area contributed by atoms with Gasteiger partial charge in [-0.25, -0.2) is 4.98 Å². The van der Waals surface area contributed by atoms with E-state index < -0.39 is 0 Å². The van der Waals surface area contributed by atoms with Crippen molar-refractivity contribution in [3.63, 3.8) is 0 Å². The minimum atomic E-state index is 0.172. The molecule has 1 N–H and O–H groups in total. The van der Waals surface area contributed by atoms with Crippen LogP contribution in [0.5, 0.6) is 0 Å². The summed E-state index contributed by atoms with van der Waals surface area (Å²) in [6.07, 6.45) is 0.857. The lowest BCUT2D eigenvalue weighted by molar-refractivity contribution is 0.416. The summed E-state index contributed by atoms with van der Waals surface area (Å²) in [5.41, 5.74) is 1.13. The highest BCUT2D eigenvalue weighted by atomic mass is 79.9. The van der Waals surface area contributed by atoms with Gasteiger partial charge in [0, 0.05) is 11.3 Å². The Balaban J connectivity index is 2.15. The average molecular weight is 315 g/mol. The molecule has 2 rings (SSSR count). The number of thiazole rings is 1.